The van der Waals surface area contributed by atoms with E-state index in [9.17, 15) is 13.2 Å². The van der Waals surface area contributed by atoms with Gasteiger partial charge in [0.2, 0.25) is 5.95 Å². The highest BCUT2D eigenvalue weighted by Crippen LogP contribution is 2.37. The Hall–Kier alpha value is -2.13. The van der Waals surface area contributed by atoms with E-state index < -0.39 is 11.9 Å². The third-order valence-electron chi connectivity index (χ3n) is 4.66. The molecule has 0 saturated carbocycles. The maximum Gasteiger partial charge on any atom is 0.433 e. The lowest BCUT2D eigenvalue weighted by molar-refractivity contribution is -0.141. The summed E-state index contributed by atoms with van der Waals surface area (Å²) in [4.78, 5) is 13.2. The van der Waals surface area contributed by atoms with Crippen LogP contribution in [0.15, 0.2) is 36.7 Å². The van der Waals surface area contributed by atoms with Crippen LogP contribution in [-0.2, 0) is 6.18 Å². The van der Waals surface area contributed by atoms with Crippen LogP contribution in [0.1, 0.15) is 35.0 Å². The summed E-state index contributed by atoms with van der Waals surface area (Å²) in [6.07, 6.45) is 0.803. The fraction of sp³-hybridized carbons (Fsp3) is 0.350. The van der Waals surface area contributed by atoms with Gasteiger partial charge in [-0.3, -0.25) is 0 Å². The number of aromatic nitrogens is 3. The van der Waals surface area contributed by atoms with Gasteiger partial charge in [-0.25, -0.2) is 15.0 Å². The van der Waals surface area contributed by atoms with Crippen molar-refractivity contribution in [2.75, 3.05) is 16.8 Å². The van der Waals surface area contributed by atoms with E-state index in [1.54, 1.807) is 11.3 Å². The summed E-state index contributed by atoms with van der Waals surface area (Å²) < 4.78 is 38.7. The molecular weight excluding hydrogens is 417 g/mol. The number of nitrogens with one attached hydrogen (secondary N) is 1. The van der Waals surface area contributed by atoms with E-state index in [-0.39, 0.29) is 5.95 Å². The number of hydrogen-bond acceptors (Lipinski definition) is 6. The van der Waals surface area contributed by atoms with E-state index in [1.165, 1.54) is 11.5 Å². The van der Waals surface area contributed by atoms with Crippen LogP contribution in [0.3, 0.4) is 0 Å². The molecule has 1 aliphatic rings. The van der Waals surface area contributed by atoms with Gasteiger partial charge in [-0.05, 0) is 60.6 Å². The molecule has 4 nitrogen and oxygen atoms in total. The van der Waals surface area contributed by atoms with Crippen LogP contribution in [0.5, 0.6) is 0 Å². The van der Waals surface area contributed by atoms with Gasteiger partial charge in [0.05, 0.1) is 9.88 Å². The van der Waals surface area contributed by atoms with Crippen LogP contribution >= 0.6 is 23.1 Å². The predicted octanol–water partition coefficient (Wildman–Crippen LogP) is 6.28. The molecule has 1 aliphatic heterocycles. The highest BCUT2D eigenvalue weighted by atomic mass is 32.2. The van der Waals surface area contributed by atoms with Gasteiger partial charge in [-0.2, -0.15) is 24.9 Å². The monoisotopic (exact) mass is 436 g/mol. The molecule has 1 aromatic carbocycles. The second kappa shape index (κ2) is 8.31. The maximum absolute atomic E-state index is 12.9. The van der Waals surface area contributed by atoms with E-state index in [2.05, 4.69) is 20.3 Å². The summed E-state index contributed by atoms with van der Waals surface area (Å²) in [5.41, 5.74) is 1.64. The van der Waals surface area contributed by atoms with E-state index >= 15 is 0 Å². The standard InChI is InChI=1S/C20H19F3N4S2/c1-12-8-14(16-11-25-18(29-16)13-3-6-28-7-4-13)10-15(9-12)26-19-24-5-2-17(27-19)20(21,22)23/h2,5,8-11,13H,3-4,6-7H2,1H3,(H,24,26,27). The van der Waals surface area contributed by atoms with Crippen molar-refractivity contribution < 1.29 is 13.2 Å². The average Bonchev–Trinajstić information content (AvgIpc) is 3.18. The second-order valence-electron chi connectivity index (χ2n) is 6.93. The summed E-state index contributed by atoms with van der Waals surface area (Å²) in [5.74, 6) is 2.79. The van der Waals surface area contributed by atoms with Crippen molar-refractivity contribution in [3.8, 4) is 10.4 Å². The van der Waals surface area contributed by atoms with Gasteiger partial charge in [-0.15, -0.1) is 11.3 Å². The Bertz CT molecular complexity index is 997. The van der Waals surface area contributed by atoms with Crippen LogP contribution < -0.4 is 5.32 Å². The molecule has 0 aliphatic carbocycles. The number of thiazole rings is 1. The van der Waals surface area contributed by atoms with Gasteiger partial charge in [-0.1, -0.05) is 6.07 Å². The fourth-order valence-corrected chi connectivity index (χ4v) is 5.44. The minimum Gasteiger partial charge on any atom is -0.324 e. The molecule has 0 radical (unpaired) electrons. The molecule has 152 valence electrons. The minimum atomic E-state index is -4.51. The van der Waals surface area contributed by atoms with Crippen molar-refractivity contribution in [2.45, 2.75) is 31.9 Å². The molecule has 0 amide bonds. The molecule has 2 aromatic heterocycles. The first-order valence-corrected chi connectivity index (χ1v) is 11.2. The summed E-state index contributed by atoms with van der Waals surface area (Å²) in [6, 6.07) is 6.65. The Morgan fingerprint density at radius 3 is 2.66 bits per heavy atom. The van der Waals surface area contributed by atoms with Gasteiger partial charge in [0.15, 0.2) is 0 Å². The lowest BCUT2D eigenvalue weighted by Crippen LogP contribution is -2.10. The zero-order chi connectivity index (χ0) is 20.4. The Labute approximate surface area is 175 Å². The van der Waals surface area contributed by atoms with E-state index in [1.807, 2.05) is 43.1 Å². The van der Waals surface area contributed by atoms with Gasteiger partial charge in [0.1, 0.15) is 5.69 Å². The molecule has 4 rings (SSSR count). The van der Waals surface area contributed by atoms with Gasteiger partial charge in [0, 0.05) is 24.0 Å². The Morgan fingerprint density at radius 1 is 1.10 bits per heavy atom. The summed E-state index contributed by atoms with van der Waals surface area (Å²) in [7, 11) is 0. The normalized spacial score (nSPS) is 15.4. The molecule has 0 bridgehead atoms. The smallest absolute Gasteiger partial charge is 0.324 e. The number of rotatable bonds is 4. The molecule has 3 heterocycles. The number of benzene rings is 1. The topological polar surface area (TPSA) is 50.7 Å². The SMILES string of the molecule is Cc1cc(Nc2nccc(C(F)(F)F)n2)cc(-c2cnc(C3CCSCC3)s2)c1. The van der Waals surface area contributed by atoms with Crippen LogP contribution in [0.25, 0.3) is 10.4 Å². The molecule has 3 aromatic rings. The fourth-order valence-electron chi connectivity index (χ4n) is 3.26. The molecule has 0 spiro atoms. The van der Waals surface area contributed by atoms with Crippen LogP contribution in [0.2, 0.25) is 0 Å². The third kappa shape index (κ3) is 4.90. The first kappa shape index (κ1) is 20.2. The lowest BCUT2D eigenvalue weighted by atomic mass is 10.0. The number of hydrogen-bond donors (Lipinski definition) is 1. The van der Waals surface area contributed by atoms with Crippen molar-refractivity contribution in [3.63, 3.8) is 0 Å². The molecule has 0 unspecified atom stereocenters. The van der Waals surface area contributed by atoms with E-state index in [4.69, 9.17) is 0 Å². The lowest BCUT2D eigenvalue weighted by Gasteiger charge is -2.18. The molecule has 29 heavy (non-hydrogen) atoms. The van der Waals surface area contributed by atoms with Crippen molar-refractivity contribution in [1.29, 1.82) is 0 Å². The summed E-state index contributed by atoms with van der Waals surface area (Å²) in [6.45, 7) is 1.95. The van der Waals surface area contributed by atoms with Gasteiger partial charge >= 0.3 is 6.18 Å². The summed E-state index contributed by atoms with van der Waals surface area (Å²) in [5, 5.41) is 4.06. The van der Waals surface area contributed by atoms with Crippen LogP contribution in [0.4, 0.5) is 24.8 Å². The van der Waals surface area contributed by atoms with E-state index in [0.29, 0.717) is 11.6 Å². The molecular formula is C20H19F3N4S2. The Kier molecular flexibility index (Phi) is 5.78. The Morgan fingerprint density at radius 2 is 1.90 bits per heavy atom. The van der Waals surface area contributed by atoms with E-state index in [0.717, 1.165) is 46.1 Å². The number of nitrogens with zero attached hydrogens (tertiary/aromatic N) is 3. The van der Waals surface area contributed by atoms with Crippen molar-refractivity contribution in [3.05, 3.63) is 52.9 Å². The molecule has 1 fully saturated rings. The highest BCUT2D eigenvalue weighted by Gasteiger charge is 2.32. The van der Waals surface area contributed by atoms with Crippen LogP contribution in [0, 0.1) is 6.92 Å². The number of anilines is 2. The predicted molar refractivity (Wildman–Crippen MR) is 112 cm³/mol. The highest BCUT2D eigenvalue weighted by molar-refractivity contribution is 7.99. The van der Waals surface area contributed by atoms with Crippen molar-refractivity contribution in [1.82, 2.24) is 15.0 Å². The first-order valence-electron chi connectivity index (χ1n) is 9.21. The largest absolute Gasteiger partial charge is 0.433 e. The number of alkyl halides is 3. The maximum atomic E-state index is 12.9. The molecule has 1 N–H and O–H groups in total. The summed E-state index contributed by atoms with van der Waals surface area (Å²) >= 11 is 3.68. The van der Waals surface area contributed by atoms with Crippen molar-refractivity contribution in [2.24, 2.45) is 0 Å². The molecule has 0 atom stereocenters. The first-order chi connectivity index (χ1) is 13.9. The van der Waals surface area contributed by atoms with Gasteiger partial charge < -0.3 is 5.32 Å². The number of aryl methyl sites for hydroxylation is 1. The quantitative estimate of drug-likeness (QED) is 0.521. The molecule has 1 saturated heterocycles. The average molecular weight is 437 g/mol. The van der Waals surface area contributed by atoms with Crippen LogP contribution in [-0.4, -0.2) is 26.5 Å². The zero-order valence-corrected chi connectivity index (χ0v) is 17.3. The van der Waals surface area contributed by atoms with Gasteiger partial charge in [0.25, 0.3) is 0 Å². The molecule has 9 heteroatoms. The zero-order valence-electron chi connectivity index (χ0n) is 15.7. The Balaban J connectivity index is 1.58. The third-order valence-corrected chi connectivity index (χ3v) is 6.92. The number of halogens is 3. The van der Waals surface area contributed by atoms with Crippen molar-refractivity contribution >= 4 is 34.7 Å². The second-order valence-corrected chi connectivity index (χ2v) is 9.21. The number of thioether (sulfide) groups is 1. The minimum absolute atomic E-state index is 0.0823.